The first kappa shape index (κ1) is 74.8. The molecule has 0 saturated carbocycles. The Morgan fingerprint density at radius 1 is 0.187 bits per heavy atom. The second-order valence-corrected chi connectivity index (χ2v) is 41.1. The maximum absolute atomic E-state index is 6.53. The van der Waals surface area contributed by atoms with Gasteiger partial charge in [0, 0.05) is 161 Å². The Labute approximate surface area is 781 Å². The lowest BCUT2D eigenvalue weighted by Crippen LogP contribution is -2.15. The number of thiophene rings is 3. The predicted molar refractivity (Wildman–Crippen MR) is 570 cm³/mol. The molecule has 5 nitrogen and oxygen atoms in total. The van der Waals surface area contributed by atoms with Crippen LogP contribution in [0.1, 0.15) is 49.9 Å². The third-order valence-electron chi connectivity index (χ3n) is 30.1. The fraction of sp³-hybridized carbons (Fsp3) is 0.0476. The highest BCUT2D eigenvalue weighted by Crippen LogP contribution is 2.64. The normalized spacial score (nSPS) is 13.5. The van der Waals surface area contributed by atoms with E-state index in [2.05, 4.69) is 401 Å². The van der Waals surface area contributed by atoms with Gasteiger partial charge in [0.15, 0.2) is 0 Å². The molecule has 0 aliphatic heterocycles. The molecule has 5 aliphatic carbocycles. The number of fused-ring (bicyclic) bond motifs is 9. The van der Waals surface area contributed by atoms with Gasteiger partial charge in [0.1, 0.15) is 33.5 Å². The predicted octanol–water partition coefficient (Wildman–Crippen LogP) is 37.8. The van der Waals surface area contributed by atoms with Crippen molar-refractivity contribution in [3.63, 3.8) is 0 Å². The summed E-state index contributed by atoms with van der Waals surface area (Å²) in [6.07, 6.45) is 0. The minimum atomic E-state index is -0.170. The zero-order valence-electron chi connectivity index (χ0n) is 73.3. The molecular weight excluding hydrogens is 1690 g/mol. The second-order valence-electron chi connectivity index (χ2n) is 37.8. The Bertz CT molecular complexity index is 9900. The Hall–Kier alpha value is -15.9. The molecule has 0 N–H and O–H groups in total. The van der Waals surface area contributed by atoms with E-state index < -0.39 is 0 Å². The van der Waals surface area contributed by atoms with Crippen LogP contribution in [0.25, 0.3) is 248 Å². The summed E-state index contributed by atoms with van der Waals surface area (Å²) in [6.45, 7) is 9.55. The van der Waals surface area contributed by atoms with E-state index in [9.17, 15) is 0 Å². The molecule has 27 aromatic rings. The quantitative estimate of drug-likeness (QED) is 0.144. The molecule has 8 heteroatoms. The largest absolute Gasteiger partial charge is 0.456 e. The van der Waals surface area contributed by atoms with Crippen LogP contribution < -0.4 is 9.80 Å². The van der Waals surface area contributed by atoms with Crippen LogP contribution in [0.2, 0.25) is 0 Å². The summed E-state index contributed by atoms with van der Waals surface area (Å²) < 4.78 is 27.4. The van der Waals surface area contributed by atoms with E-state index in [1.807, 2.05) is 58.3 Å². The third-order valence-corrected chi connectivity index (χ3v) is 33.4. The van der Waals surface area contributed by atoms with Crippen LogP contribution in [0.15, 0.2) is 401 Å². The van der Waals surface area contributed by atoms with Gasteiger partial charge in [-0.05, 0) is 278 Å². The minimum absolute atomic E-state index is 0.00532. The number of hydrogen-bond acceptors (Lipinski definition) is 8. The molecule has 32 rings (SSSR count). The van der Waals surface area contributed by atoms with Gasteiger partial charge in [-0.25, -0.2) is 0 Å². The smallest absolute Gasteiger partial charge is 0.137 e. The lowest BCUT2D eigenvalue weighted by Gasteiger charge is -2.26. The number of nitrogens with zero attached hydrogens (tertiary/aromatic N) is 2. The average molecular weight is 1760 g/mol. The van der Waals surface area contributed by atoms with Gasteiger partial charge in [0.25, 0.3) is 0 Å². The number of furan rings is 3. The van der Waals surface area contributed by atoms with Gasteiger partial charge < -0.3 is 23.1 Å². The third kappa shape index (κ3) is 10.3. The lowest BCUT2D eigenvalue weighted by atomic mass is 9.80. The molecule has 134 heavy (non-hydrogen) atoms. The summed E-state index contributed by atoms with van der Waals surface area (Å²) in [5.74, 6) is 0. The van der Waals surface area contributed by atoms with E-state index in [1.54, 1.807) is 0 Å². The highest BCUT2D eigenvalue weighted by Gasteiger charge is 2.43. The Balaban J connectivity index is 0.0000000987. The first-order chi connectivity index (χ1) is 65.9. The standard InChI is InChI=1S/C49H31NO2.C46H25NOS2.C31H20S/c1-49(2)38-22-18-28-19-23-42-48-44(28)47(38)45-37(36-15-9-17-41(52-42)46(36)48)25-30(26-39(45)49)29-10-8-13-32(24-29)50(31-11-4-3-5-12-31)33-20-21-35-34-14-6-7-16-40(34)51-43(35)27-33;1-2-10-27(11-3-1)47(29-19-20-31-30-13-4-5-16-36(30)48-37(31)24-29)28-12-6-9-26(23-28)35-25-41-46-43-33(15-8-18-39(43)50-41)32-14-7-17-38-42(32)45-40(49-38)22-21-34(35)44(45)46;1-31(2)22-12-6-10-18-19-11-7-13-24-27(19)30-25(32-24)16-21(17-8-4-3-5-9-17)20-14-15-23(31)29(26(18)22)28(20)30/h3-27H,1-2H3;1-25H;3-16H,1-2H3. The maximum Gasteiger partial charge on any atom is 0.137 e. The first-order valence-electron chi connectivity index (χ1n) is 46.2. The number of para-hydroxylation sites is 4. The van der Waals surface area contributed by atoms with Crippen LogP contribution >= 0.6 is 34.0 Å². The molecule has 0 fully saturated rings. The van der Waals surface area contributed by atoms with Crippen LogP contribution in [0.3, 0.4) is 0 Å². The van der Waals surface area contributed by atoms with Gasteiger partial charge in [-0.1, -0.05) is 258 Å². The van der Waals surface area contributed by atoms with Gasteiger partial charge in [-0.3, -0.25) is 0 Å². The minimum Gasteiger partial charge on any atom is -0.456 e. The van der Waals surface area contributed by atoms with Crippen molar-refractivity contribution < 1.29 is 13.3 Å². The fourth-order valence-corrected chi connectivity index (χ4v) is 27.7. The molecule has 0 spiro atoms. The molecule has 626 valence electrons. The van der Waals surface area contributed by atoms with Crippen molar-refractivity contribution in [1.29, 1.82) is 0 Å². The van der Waals surface area contributed by atoms with Crippen molar-refractivity contribution in [1.82, 2.24) is 0 Å². The molecule has 21 aromatic carbocycles. The second kappa shape index (κ2) is 27.4. The van der Waals surface area contributed by atoms with Crippen molar-refractivity contribution >= 4 is 227 Å². The molecule has 0 unspecified atom stereocenters. The zero-order valence-corrected chi connectivity index (χ0v) is 75.7. The van der Waals surface area contributed by atoms with Crippen molar-refractivity contribution in [2.75, 3.05) is 9.80 Å². The average Bonchev–Trinajstić information content (AvgIpc) is 1.50. The molecule has 0 amide bonds. The summed E-state index contributed by atoms with van der Waals surface area (Å²) in [6, 6.07) is 142. The lowest BCUT2D eigenvalue weighted by molar-refractivity contribution is 0.661. The van der Waals surface area contributed by atoms with E-state index in [0.717, 1.165) is 89.2 Å². The zero-order chi connectivity index (χ0) is 88.0. The van der Waals surface area contributed by atoms with Crippen molar-refractivity contribution in [3.8, 4) is 89.0 Å². The van der Waals surface area contributed by atoms with Crippen molar-refractivity contribution in [3.05, 3.63) is 411 Å². The Morgan fingerprint density at radius 2 is 0.590 bits per heavy atom. The summed E-state index contributed by atoms with van der Waals surface area (Å²) in [4.78, 5) is 4.67. The van der Waals surface area contributed by atoms with E-state index in [4.69, 9.17) is 13.3 Å². The molecule has 0 bridgehead atoms. The summed E-state index contributed by atoms with van der Waals surface area (Å²) in [7, 11) is 0. The first-order valence-corrected chi connectivity index (χ1v) is 48.7. The van der Waals surface area contributed by atoms with Crippen molar-refractivity contribution in [2.24, 2.45) is 0 Å². The summed E-state index contributed by atoms with van der Waals surface area (Å²) in [5.41, 5.74) is 38.6. The molecular formula is C126H76N2O3S3. The van der Waals surface area contributed by atoms with Crippen LogP contribution in [0.5, 0.6) is 0 Å². The highest BCUT2D eigenvalue weighted by atomic mass is 32.1. The molecule has 0 radical (unpaired) electrons. The number of hydrogen-bond donors (Lipinski definition) is 0. The highest BCUT2D eigenvalue weighted by molar-refractivity contribution is 7.27. The molecule has 0 atom stereocenters. The number of benzene rings is 21. The van der Waals surface area contributed by atoms with Crippen molar-refractivity contribution in [2.45, 2.75) is 38.5 Å². The van der Waals surface area contributed by atoms with Gasteiger partial charge in [-0.15, -0.1) is 34.0 Å². The fourth-order valence-electron chi connectivity index (χ4n) is 24.2. The van der Waals surface area contributed by atoms with Crippen LogP contribution in [-0.2, 0) is 10.8 Å². The molecule has 6 aromatic heterocycles. The molecule has 6 heterocycles. The van der Waals surface area contributed by atoms with Crippen LogP contribution in [-0.4, -0.2) is 0 Å². The number of anilines is 6. The van der Waals surface area contributed by atoms with E-state index >= 15 is 0 Å². The number of rotatable bonds is 9. The monoisotopic (exact) mass is 1760 g/mol. The van der Waals surface area contributed by atoms with Gasteiger partial charge in [0.2, 0.25) is 0 Å². The summed E-state index contributed by atoms with van der Waals surface area (Å²) in [5, 5.41) is 23.6. The van der Waals surface area contributed by atoms with Gasteiger partial charge in [-0.2, -0.15) is 0 Å². The van der Waals surface area contributed by atoms with Gasteiger partial charge in [0.05, 0.1) is 0 Å². The topological polar surface area (TPSA) is 45.9 Å². The molecule has 0 saturated heterocycles. The van der Waals surface area contributed by atoms with Crippen LogP contribution in [0.4, 0.5) is 34.1 Å². The Morgan fingerprint density at radius 3 is 1.23 bits per heavy atom. The molecule has 5 aliphatic rings. The summed E-state index contributed by atoms with van der Waals surface area (Å²) >= 11 is 5.77. The maximum atomic E-state index is 6.53. The van der Waals surface area contributed by atoms with E-state index in [1.165, 1.54) is 215 Å². The van der Waals surface area contributed by atoms with E-state index in [0.29, 0.717) is 0 Å². The van der Waals surface area contributed by atoms with Gasteiger partial charge >= 0.3 is 0 Å². The Kier molecular flexibility index (Phi) is 15.3. The van der Waals surface area contributed by atoms with E-state index in [-0.39, 0.29) is 10.8 Å². The van der Waals surface area contributed by atoms with Crippen LogP contribution in [0, 0.1) is 0 Å². The SMILES string of the molecule is CC1(C)c2cc(-c3cccc(N(c4ccccc4)c4ccc5c(c4)oc4ccccc45)c3)cc3c2-c2c1ccc1ccc4oc5cccc-3c5c4c21.CC1(C)c2cccc3c2-c2c1ccc1c(-c4ccccc4)cc4sc5cccc-3c5c4c21.c1ccc(N(c2cccc(-c3cc4sc5cccc6c5c4c4c3ccc3sc5cccc-6c5c34)c2)c2ccc3c(c2)oc2ccccc23)cc1.